The molecule has 0 saturated heterocycles. The van der Waals surface area contributed by atoms with E-state index in [9.17, 15) is 23.3 Å². The van der Waals surface area contributed by atoms with E-state index in [1.807, 2.05) is 0 Å². The van der Waals surface area contributed by atoms with Gasteiger partial charge in [-0.15, -0.1) is 0 Å². The smallest absolute Gasteiger partial charge is 0.272 e. The molecule has 0 radical (unpaired) electrons. The van der Waals surface area contributed by atoms with Crippen LogP contribution in [0.25, 0.3) is 5.69 Å². The third kappa shape index (κ3) is 6.16. The second-order valence-corrected chi connectivity index (χ2v) is 10.4. The first-order valence-electron chi connectivity index (χ1n) is 12.0. The fourth-order valence-corrected chi connectivity index (χ4v) is 5.12. The number of carbonyl (C=O) groups excluding carboxylic acids is 1. The fraction of sp³-hybridized carbons (Fsp3) is 0.231. The number of aromatic nitrogens is 2. The molecule has 2 N–H and O–H groups in total. The van der Waals surface area contributed by atoms with Crippen LogP contribution < -0.4 is 14.8 Å². The van der Waals surface area contributed by atoms with Gasteiger partial charge in [-0.2, -0.15) is 9.78 Å². The van der Waals surface area contributed by atoms with E-state index in [2.05, 4.69) is 15.1 Å². The Balaban J connectivity index is 1.79. The monoisotopic (exact) mass is 553 g/mol. The summed E-state index contributed by atoms with van der Waals surface area (Å²) in [7, 11) is -4.21. The van der Waals surface area contributed by atoms with Gasteiger partial charge in [-0.1, -0.05) is 25.1 Å². The van der Waals surface area contributed by atoms with Crippen molar-refractivity contribution in [1.29, 1.82) is 0 Å². The Hall–Kier alpha value is -4.49. The van der Waals surface area contributed by atoms with Crippen molar-refractivity contribution in [1.82, 2.24) is 19.8 Å². The van der Waals surface area contributed by atoms with Gasteiger partial charge in [-0.05, 0) is 50.6 Å². The Kier molecular flexibility index (Phi) is 8.12. The topological polar surface area (TPSA) is 159 Å². The number of nitrogens with zero attached hydrogens (tertiary/aromatic N) is 3. The number of nitro benzene ring substituents is 1. The average Bonchev–Trinajstić information content (AvgIpc) is 3.56. The highest BCUT2D eigenvalue weighted by molar-refractivity contribution is 7.89. The summed E-state index contributed by atoms with van der Waals surface area (Å²) >= 11 is 0. The Morgan fingerprint density at radius 1 is 1.18 bits per heavy atom. The largest absolute Gasteiger partial charge is 0.467 e. The van der Waals surface area contributed by atoms with Crippen LogP contribution in [0.2, 0.25) is 0 Å². The molecule has 0 bridgehead atoms. The van der Waals surface area contributed by atoms with Gasteiger partial charge in [0, 0.05) is 23.7 Å². The summed E-state index contributed by atoms with van der Waals surface area (Å²) in [6, 6.07) is 15.1. The molecule has 0 fully saturated rings. The van der Waals surface area contributed by atoms with Crippen molar-refractivity contribution in [3.05, 3.63) is 94.1 Å². The normalized spacial score (nSPS) is 12.2. The number of para-hydroxylation sites is 1. The minimum absolute atomic E-state index is 0.0458. The van der Waals surface area contributed by atoms with Crippen LogP contribution in [0.4, 0.5) is 5.69 Å². The highest BCUT2D eigenvalue weighted by atomic mass is 32.2. The molecule has 0 unspecified atom stereocenters. The molecule has 13 heteroatoms. The fourth-order valence-electron chi connectivity index (χ4n) is 3.64. The van der Waals surface area contributed by atoms with E-state index in [1.54, 1.807) is 63.2 Å². The number of rotatable bonds is 11. The number of hydrogen-bond donors (Lipinski definition) is 2. The lowest BCUT2D eigenvalue weighted by Crippen LogP contribution is -2.32. The standard InChI is InChI=1S/C26H27N5O7S/c1-4-17(2)29-39(35,36)23-15-20(31(33)34)12-13-22(23)38-26-18(3)24(25(32)27-16-21-11-8-14-37-21)28-30(26)19-9-6-5-7-10-19/h5-15,17,29H,4,16H2,1-3H3,(H,27,32)/t17-/m1/s1. The van der Waals surface area contributed by atoms with Gasteiger partial charge in [0.2, 0.25) is 15.9 Å². The number of carbonyl (C=O) groups is 1. The van der Waals surface area contributed by atoms with E-state index in [4.69, 9.17) is 9.15 Å². The third-order valence-electron chi connectivity index (χ3n) is 5.89. The first-order chi connectivity index (χ1) is 18.6. The molecule has 2 heterocycles. The Morgan fingerprint density at radius 3 is 2.56 bits per heavy atom. The number of hydrogen-bond acceptors (Lipinski definition) is 8. The zero-order valence-corrected chi connectivity index (χ0v) is 22.3. The second kappa shape index (κ2) is 11.5. The molecule has 12 nitrogen and oxygen atoms in total. The second-order valence-electron chi connectivity index (χ2n) is 8.71. The van der Waals surface area contributed by atoms with Crippen molar-refractivity contribution in [3.63, 3.8) is 0 Å². The maximum atomic E-state index is 13.2. The van der Waals surface area contributed by atoms with Crippen LogP contribution in [-0.2, 0) is 16.6 Å². The lowest BCUT2D eigenvalue weighted by molar-refractivity contribution is -0.385. The maximum absolute atomic E-state index is 13.2. The predicted octanol–water partition coefficient (Wildman–Crippen LogP) is 4.48. The summed E-state index contributed by atoms with van der Waals surface area (Å²) in [6.45, 7) is 5.22. The molecule has 0 spiro atoms. The van der Waals surface area contributed by atoms with Crippen LogP contribution in [0, 0.1) is 17.0 Å². The van der Waals surface area contributed by atoms with Crippen LogP contribution in [0.3, 0.4) is 0 Å². The van der Waals surface area contributed by atoms with E-state index in [0.717, 1.165) is 12.1 Å². The van der Waals surface area contributed by atoms with Crippen LogP contribution in [-0.4, -0.2) is 35.1 Å². The van der Waals surface area contributed by atoms with Gasteiger partial charge in [0.15, 0.2) is 5.69 Å². The molecule has 0 saturated carbocycles. The molecule has 2 aromatic carbocycles. The van der Waals surface area contributed by atoms with Gasteiger partial charge in [-0.25, -0.2) is 13.1 Å². The van der Waals surface area contributed by atoms with Gasteiger partial charge >= 0.3 is 0 Å². The average molecular weight is 554 g/mol. The molecule has 4 rings (SSSR count). The number of benzene rings is 2. The molecule has 39 heavy (non-hydrogen) atoms. The minimum atomic E-state index is -4.21. The van der Waals surface area contributed by atoms with E-state index in [0.29, 0.717) is 23.4 Å². The van der Waals surface area contributed by atoms with Crippen molar-refractivity contribution < 1.29 is 27.3 Å². The number of furan rings is 1. The summed E-state index contributed by atoms with van der Waals surface area (Å²) in [4.78, 5) is 23.4. The molecular weight excluding hydrogens is 526 g/mol. The van der Waals surface area contributed by atoms with E-state index < -0.39 is 37.5 Å². The zero-order chi connectivity index (χ0) is 28.2. The predicted molar refractivity (Wildman–Crippen MR) is 141 cm³/mol. The summed E-state index contributed by atoms with van der Waals surface area (Å²) in [5, 5.41) is 18.6. The van der Waals surface area contributed by atoms with E-state index in [1.165, 1.54) is 17.0 Å². The van der Waals surface area contributed by atoms with Crippen LogP contribution in [0.1, 0.15) is 42.1 Å². The van der Waals surface area contributed by atoms with E-state index in [-0.39, 0.29) is 23.9 Å². The van der Waals surface area contributed by atoms with Gasteiger partial charge in [-0.3, -0.25) is 14.9 Å². The molecule has 1 amide bonds. The number of sulfonamides is 1. The van der Waals surface area contributed by atoms with Crippen LogP contribution >= 0.6 is 0 Å². The first kappa shape index (κ1) is 27.5. The molecule has 204 valence electrons. The van der Waals surface area contributed by atoms with Crippen LogP contribution in [0.5, 0.6) is 11.6 Å². The molecule has 0 aliphatic heterocycles. The van der Waals surface area contributed by atoms with Gasteiger partial charge in [0.05, 0.1) is 23.4 Å². The Labute approximate surface area is 224 Å². The Morgan fingerprint density at radius 2 is 1.92 bits per heavy atom. The number of nitrogens with one attached hydrogen (secondary N) is 2. The summed E-state index contributed by atoms with van der Waals surface area (Å²) in [5.41, 5.74) is 0.500. The van der Waals surface area contributed by atoms with Crippen molar-refractivity contribution in [2.75, 3.05) is 0 Å². The van der Waals surface area contributed by atoms with Crippen molar-refractivity contribution in [3.8, 4) is 17.3 Å². The molecule has 0 aliphatic rings. The summed E-state index contributed by atoms with van der Waals surface area (Å²) < 4.78 is 41.7. The molecule has 4 aromatic rings. The lowest BCUT2D eigenvalue weighted by atomic mass is 10.2. The quantitative estimate of drug-likeness (QED) is 0.203. The minimum Gasteiger partial charge on any atom is -0.467 e. The van der Waals surface area contributed by atoms with Gasteiger partial charge in [0.1, 0.15) is 16.4 Å². The summed E-state index contributed by atoms with van der Waals surface area (Å²) in [5.74, 6) is -0.0507. The highest BCUT2D eigenvalue weighted by Crippen LogP contribution is 2.35. The van der Waals surface area contributed by atoms with Crippen molar-refractivity contribution in [2.24, 2.45) is 0 Å². The number of non-ortho nitro benzene ring substituents is 1. The zero-order valence-electron chi connectivity index (χ0n) is 21.5. The molecule has 1 atom stereocenters. The Bertz CT molecular complexity index is 1580. The molecule has 0 aliphatic carbocycles. The maximum Gasteiger partial charge on any atom is 0.272 e. The van der Waals surface area contributed by atoms with Crippen LogP contribution in [0.15, 0.2) is 76.2 Å². The van der Waals surface area contributed by atoms with E-state index >= 15 is 0 Å². The third-order valence-corrected chi connectivity index (χ3v) is 7.50. The number of nitro groups is 1. The summed E-state index contributed by atoms with van der Waals surface area (Å²) in [6.07, 6.45) is 2.00. The molecular formula is C26H27N5O7S. The number of ether oxygens (including phenoxy) is 1. The van der Waals surface area contributed by atoms with Gasteiger partial charge < -0.3 is 14.5 Å². The SMILES string of the molecule is CC[C@@H](C)NS(=O)(=O)c1cc([N+](=O)[O-])ccc1Oc1c(C)c(C(=O)NCc2ccco2)nn1-c1ccccc1. The van der Waals surface area contributed by atoms with Gasteiger partial charge in [0.25, 0.3) is 11.6 Å². The lowest BCUT2D eigenvalue weighted by Gasteiger charge is -2.16. The van der Waals surface area contributed by atoms with Crippen molar-refractivity contribution in [2.45, 2.75) is 44.7 Å². The first-order valence-corrected chi connectivity index (χ1v) is 13.5. The molecule has 2 aromatic heterocycles. The van der Waals surface area contributed by atoms with Crippen molar-refractivity contribution >= 4 is 21.6 Å². The highest BCUT2D eigenvalue weighted by Gasteiger charge is 2.28. The number of amides is 1.